The summed E-state index contributed by atoms with van der Waals surface area (Å²) in [7, 11) is 0. The second kappa shape index (κ2) is 13.1. The number of hydrogen-bond acceptors (Lipinski definition) is 6. The van der Waals surface area contributed by atoms with Gasteiger partial charge >= 0.3 is 12.1 Å². The second-order valence-electron chi connectivity index (χ2n) is 7.12. The third-order valence-electron chi connectivity index (χ3n) is 4.16. The summed E-state index contributed by atoms with van der Waals surface area (Å²) in [5, 5.41) is 14.3. The van der Waals surface area contributed by atoms with Crippen LogP contribution in [0.15, 0.2) is 0 Å². The predicted octanol–water partition coefficient (Wildman–Crippen LogP) is 0.908. The lowest BCUT2D eigenvalue weighted by Crippen LogP contribution is -2.42. The predicted molar refractivity (Wildman–Crippen MR) is 100.0 cm³/mol. The molecule has 2 unspecified atom stereocenters. The van der Waals surface area contributed by atoms with E-state index in [1.165, 1.54) is 0 Å². The number of carboxylic acid groups (broad SMARTS) is 1. The highest BCUT2D eigenvalue weighted by molar-refractivity contribution is 5.82. The Labute approximate surface area is 160 Å². The molecular weight excluding hydrogens is 354 g/mol. The zero-order valence-electron chi connectivity index (χ0n) is 16.6. The van der Waals surface area contributed by atoms with Gasteiger partial charge in [0.25, 0.3) is 0 Å². The summed E-state index contributed by atoms with van der Waals surface area (Å²) >= 11 is 0. The average molecular weight is 387 g/mol. The molecule has 0 rings (SSSR count). The zero-order valence-corrected chi connectivity index (χ0v) is 16.6. The van der Waals surface area contributed by atoms with Crippen LogP contribution in [0.3, 0.4) is 0 Å². The van der Waals surface area contributed by atoms with Crippen LogP contribution in [-0.2, 0) is 19.1 Å². The number of aliphatic carboxylic acids is 1. The van der Waals surface area contributed by atoms with Crippen LogP contribution in [0, 0.1) is 17.8 Å². The van der Waals surface area contributed by atoms with Gasteiger partial charge in [-0.15, -0.1) is 0 Å². The molecular formula is C18H33N3O6. The first-order chi connectivity index (χ1) is 12.6. The number of nitrogens with one attached hydrogen (secondary N) is 2. The fourth-order valence-corrected chi connectivity index (χ4v) is 2.26. The topological polar surface area (TPSA) is 148 Å². The summed E-state index contributed by atoms with van der Waals surface area (Å²) in [6.45, 7) is 7.46. The van der Waals surface area contributed by atoms with E-state index in [0.29, 0.717) is 6.42 Å². The summed E-state index contributed by atoms with van der Waals surface area (Å²) in [5.74, 6) is -2.36. The number of Topliss-reactive ketones (excluding diaryl/α,β-unsaturated/α-hetero) is 1. The van der Waals surface area contributed by atoms with Crippen LogP contribution in [0.5, 0.6) is 0 Å². The van der Waals surface area contributed by atoms with Gasteiger partial charge in [-0.1, -0.05) is 27.7 Å². The van der Waals surface area contributed by atoms with E-state index in [1.807, 2.05) is 0 Å². The minimum atomic E-state index is -1.01. The lowest BCUT2D eigenvalue weighted by Gasteiger charge is -2.20. The Morgan fingerprint density at radius 1 is 1.11 bits per heavy atom. The molecule has 5 N–H and O–H groups in total. The van der Waals surface area contributed by atoms with Crippen molar-refractivity contribution < 1.29 is 29.0 Å². The molecule has 0 bridgehead atoms. The minimum Gasteiger partial charge on any atom is -0.481 e. The number of ketones is 1. The molecule has 0 aromatic rings. The van der Waals surface area contributed by atoms with E-state index < -0.39 is 29.9 Å². The normalized spacial score (nSPS) is 13.1. The van der Waals surface area contributed by atoms with Gasteiger partial charge < -0.3 is 26.2 Å². The number of amides is 2. The first-order valence-corrected chi connectivity index (χ1v) is 9.24. The van der Waals surface area contributed by atoms with Crippen molar-refractivity contribution in [3.63, 3.8) is 0 Å². The highest BCUT2D eigenvalue weighted by Gasteiger charge is 2.25. The fraction of sp³-hybridized carbons (Fsp3) is 0.778. The van der Waals surface area contributed by atoms with Crippen molar-refractivity contribution in [3.05, 3.63) is 0 Å². The number of hydrogen-bond donors (Lipinski definition) is 4. The Kier molecular flexibility index (Phi) is 12.0. The summed E-state index contributed by atoms with van der Waals surface area (Å²) in [6, 6.07) is -0.422. The van der Waals surface area contributed by atoms with E-state index in [4.69, 9.17) is 15.6 Å². The molecule has 0 aliphatic heterocycles. The van der Waals surface area contributed by atoms with Crippen molar-refractivity contribution in [1.82, 2.24) is 10.6 Å². The molecule has 0 aromatic carbocycles. The average Bonchev–Trinajstić information content (AvgIpc) is 2.57. The molecule has 0 saturated heterocycles. The molecule has 0 aliphatic carbocycles. The number of alkyl carbamates (subject to hydrolysis) is 1. The van der Waals surface area contributed by atoms with Crippen molar-refractivity contribution in [2.45, 2.75) is 53.0 Å². The van der Waals surface area contributed by atoms with Crippen LogP contribution in [0.4, 0.5) is 4.79 Å². The van der Waals surface area contributed by atoms with Gasteiger partial charge in [0.15, 0.2) is 0 Å². The van der Waals surface area contributed by atoms with Gasteiger partial charge in [-0.05, 0) is 5.92 Å². The van der Waals surface area contributed by atoms with E-state index in [0.717, 1.165) is 0 Å². The van der Waals surface area contributed by atoms with Crippen LogP contribution in [-0.4, -0.2) is 54.6 Å². The summed E-state index contributed by atoms with van der Waals surface area (Å²) < 4.78 is 4.99. The van der Waals surface area contributed by atoms with Crippen LogP contribution < -0.4 is 16.4 Å². The number of carbonyl (C=O) groups excluding carboxylic acids is 3. The summed E-state index contributed by atoms with van der Waals surface area (Å²) in [5.41, 5.74) is 5.61. The zero-order chi connectivity index (χ0) is 21.0. The largest absolute Gasteiger partial charge is 0.481 e. The van der Waals surface area contributed by atoms with Gasteiger partial charge in [-0.3, -0.25) is 14.4 Å². The number of ether oxygens (including phenoxy) is 1. The first-order valence-electron chi connectivity index (χ1n) is 9.24. The number of rotatable bonds is 13. The summed E-state index contributed by atoms with van der Waals surface area (Å²) in [6.07, 6.45) is -0.219. The highest BCUT2D eigenvalue weighted by atomic mass is 16.5. The van der Waals surface area contributed by atoms with Crippen molar-refractivity contribution in [2.24, 2.45) is 23.5 Å². The third kappa shape index (κ3) is 11.2. The Hall–Kier alpha value is -2.16. The number of carbonyl (C=O) groups is 4. The first kappa shape index (κ1) is 24.8. The molecule has 27 heavy (non-hydrogen) atoms. The van der Waals surface area contributed by atoms with Crippen LogP contribution >= 0.6 is 0 Å². The van der Waals surface area contributed by atoms with Crippen LogP contribution in [0.25, 0.3) is 0 Å². The molecule has 2 atom stereocenters. The number of carboxylic acids is 1. The Morgan fingerprint density at radius 3 is 2.22 bits per heavy atom. The highest BCUT2D eigenvalue weighted by Crippen LogP contribution is 2.15. The van der Waals surface area contributed by atoms with E-state index in [9.17, 15) is 19.2 Å². The van der Waals surface area contributed by atoms with Gasteiger partial charge in [-0.25, -0.2) is 4.79 Å². The molecule has 9 heteroatoms. The fourth-order valence-electron chi connectivity index (χ4n) is 2.26. The second-order valence-corrected chi connectivity index (χ2v) is 7.12. The van der Waals surface area contributed by atoms with Gasteiger partial charge in [-0.2, -0.15) is 0 Å². The molecule has 0 heterocycles. The van der Waals surface area contributed by atoms with Gasteiger partial charge in [0.1, 0.15) is 5.78 Å². The van der Waals surface area contributed by atoms with E-state index in [2.05, 4.69) is 10.6 Å². The Morgan fingerprint density at radius 2 is 1.74 bits per heavy atom. The molecule has 9 nitrogen and oxygen atoms in total. The van der Waals surface area contributed by atoms with E-state index >= 15 is 0 Å². The third-order valence-corrected chi connectivity index (χ3v) is 4.16. The molecule has 0 aliphatic rings. The molecule has 0 radical (unpaired) electrons. The van der Waals surface area contributed by atoms with Crippen molar-refractivity contribution in [2.75, 3.05) is 19.7 Å². The van der Waals surface area contributed by atoms with Crippen LogP contribution in [0.2, 0.25) is 0 Å². The van der Waals surface area contributed by atoms with Gasteiger partial charge in [0.05, 0.1) is 12.5 Å². The standard InChI is InChI=1S/C18H33N3O6/c1-11(2)14(17(24)25)9-16(23)21-13(10-19)6-8-27-18(26)20-7-5-15(22)12(3)4/h11-14H,5-10,19H2,1-4H3,(H,20,26)(H,21,23)(H,24,25). The molecule has 0 spiro atoms. The molecule has 0 saturated carbocycles. The minimum absolute atomic E-state index is 0.0403. The monoisotopic (exact) mass is 387 g/mol. The van der Waals surface area contributed by atoms with Crippen molar-refractivity contribution in [3.8, 4) is 0 Å². The molecule has 0 aromatic heterocycles. The molecule has 156 valence electrons. The Balaban J connectivity index is 4.16. The quantitative estimate of drug-likeness (QED) is 0.367. The van der Waals surface area contributed by atoms with Crippen molar-refractivity contribution in [1.29, 1.82) is 0 Å². The van der Waals surface area contributed by atoms with Crippen molar-refractivity contribution >= 4 is 23.8 Å². The van der Waals surface area contributed by atoms with Gasteiger partial charge in [0, 0.05) is 44.3 Å². The summed E-state index contributed by atoms with van der Waals surface area (Å²) in [4.78, 5) is 46.2. The Bertz CT molecular complexity index is 507. The lowest BCUT2D eigenvalue weighted by molar-refractivity contribution is -0.145. The number of nitrogens with two attached hydrogens (primary N) is 1. The maximum atomic E-state index is 12.0. The smallest absolute Gasteiger partial charge is 0.407 e. The molecule has 2 amide bonds. The lowest BCUT2D eigenvalue weighted by atomic mass is 9.92. The maximum Gasteiger partial charge on any atom is 0.407 e. The van der Waals surface area contributed by atoms with Gasteiger partial charge in [0.2, 0.25) is 5.91 Å². The van der Waals surface area contributed by atoms with E-state index in [-0.39, 0.29) is 50.2 Å². The maximum absolute atomic E-state index is 12.0. The SMILES string of the molecule is CC(C)C(=O)CCNC(=O)OCCC(CN)NC(=O)CC(C(=O)O)C(C)C. The van der Waals surface area contributed by atoms with Crippen LogP contribution in [0.1, 0.15) is 47.0 Å². The molecule has 0 fully saturated rings. The van der Waals surface area contributed by atoms with E-state index in [1.54, 1.807) is 27.7 Å².